The molecular weight excluding hydrogens is 298 g/mol. The van der Waals surface area contributed by atoms with E-state index in [1.165, 1.54) is 0 Å². The maximum Gasteiger partial charge on any atom is 0.232 e. The first kappa shape index (κ1) is 14.6. The second kappa shape index (κ2) is 5.46. The maximum absolute atomic E-state index is 11.6. The lowest BCUT2D eigenvalue weighted by Crippen LogP contribution is -2.14. The van der Waals surface area contributed by atoms with Crippen molar-refractivity contribution in [2.45, 2.75) is 13.8 Å². The number of nitrogens with zero attached hydrogens (tertiary/aromatic N) is 1. The minimum Gasteiger partial charge on any atom is -0.346 e. The fourth-order valence-corrected chi connectivity index (χ4v) is 3.07. The summed E-state index contributed by atoms with van der Waals surface area (Å²) in [5.41, 5.74) is 4.66. The first-order valence-corrected chi connectivity index (χ1v) is 8.69. The SMILES string of the molecule is CCS(=O)(=O)Nc1ccc(-c2ccnc3[nH]cc(C)c23)cc1. The van der Waals surface area contributed by atoms with Gasteiger partial charge in [-0.3, -0.25) is 4.72 Å². The van der Waals surface area contributed by atoms with Crippen molar-refractivity contribution < 1.29 is 8.42 Å². The molecule has 0 saturated carbocycles. The number of hydrogen-bond acceptors (Lipinski definition) is 3. The van der Waals surface area contributed by atoms with Gasteiger partial charge in [-0.15, -0.1) is 0 Å². The fraction of sp³-hybridized carbons (Fsp3) is 0.188. The Hall–Kier alpha value is -2.34. The van der Waals surface area contributed by atoms with E-state index < -0.39 is 10.0 Å². The summed E-state index contributed by atoms with van der Waals surface area (Å²) in [6, 6.07) is 9.34. The molecule has 1 aromatic carbocycles. The Labute approximate surface area is 129 Å². The van der Waals surface area contributed by atoms with Crippen molar-refractivity contribution in [2.24, 2.45) is 0 Å². The monoisotopic (exact) mass is 315 g/mol. The van der Waals surface area contributed by atoms with Gasteiger partial charge in [0, 0.05) is 23.5 Å². The molecule has 0 spiro atoms. The second-order valence-corrected chi connectivity index (χ2v) is 7.15. The number of pyridine rings is 1. The van der Waals surface area contributed by atoms with E-state index in [-0.39, 0.29) is 5.75 Å². The molecule has 0 aliphatic heterocycles. The fourth-order valence-electron chi connectivity index (χ4n) is 2.43. The number of aromatic nitrogens is 2. The highest BCUT2D eigenvalue weighted by atomic mass is 32.2. The van der Waals surface area contributed by atoms with E-state index in [2.05, 4.69) is 14.7 Å². The van der Waals surface area contributed by atoms with Crippen LogP contribution < -0.4 is 4.72 Å². The molecule has 3 rings (SSSR count). The summed E-state index contributed by atoms with van der Waals surface area (Å²) < 4.78 is 25.7. The van der Waals surface area contributed by atoms with Crippen LogP contribution >= 0.6 is 0 Å². The van der Waals surface area contributed by atoms with Gasteiger partial charge in [0.1, 0.15) is 5.65 Å². The molecule has 0 saturated heterocycles. The Balaban J connectivity index is 2.00. The Kier molecular flexibility index (Phi) is 3.62. The Morgan fingerprint density at radius 1 is 1.18 bits per heavy atom. The van der Waals surface area contributed by atoms with Gasteiger partial charge in [0.2, 0.25) is 10.0 Å². The average molecular weight is 315 g/mol. The van der Waals surface area contributed by atoms with Crippen LogP contribution in [-0.4, -0.2) is 24.1 Å². The van der Waals surface area contributed by atoms with Crippen LogP contribution in [0.15, 0.2) is 42.7 Å². The zero-order valence-electron chi connectivity index (χ0n) is 12.4. The predicted molar refractivity (Wildman–Crippen MR) is 89.4 cm³/mol. The van der Waals surface area contributed by atoms with E-state index in [1.54, 1.807) is 25.3 Å². The minimum absolute atomic E-state index is 0.0578. The second-order valence-electron chi connectivity index (χ2n) is 5.14. The highest BCUT2D eigenvalue weighted by molar-refractivity contribution is 7.92. The highest BCUT2D eigenvalue weighted by Crippen LogP contribution is 2.30. The molecule has 0 bridgehead atoms. The molecule has 5 nitrogen and oxygen atoms in total. The summed E-state index contributed by atoms with van der Waals surface area (Å²) in [5, 5.41) is 1.09. The quantitative estimate of drug-likeness (QED) is 0.775. The van der Waals surface area contributed by atoms with E-state index in [0.29, 0.717) is 5.69 Å². The number of hydrogen-bond donors (Lipinski definition) is 2. The van der Waals surface area contributed by atoms with Gasteiger partial charge in [0.05, 0.1) is 5.75 Å². The first-order valence-electron chi connectivity index (χ1n) is 7.04. The Bertz CT molecular complexity index is 912. The summed E-state index contributed by atoms with van der Waals surface area (Å²) in [5.74, 6) is 0.0578. The summed E-state index contributed by atoms with van der Waals surface area (Å²) >= 11 is 0. The molecule has 0 fully saturated rings. The number of aryl methyl sites for hydroxylation is 1. The first-order chi connectivity index (χ1) is 10.5. The lowest BCUT2D eigenvalue weighted by molar-refractivity contribution is 0.602. The van der Waals surface area contributed by atoms with Crippen LogP contribution in [0.1, 0.15) is 12.5 Å². The van der Waals surface area contributed by atoms with Crippen LogP contribution in [0.3, 0.4) is 0 Å². The molecule has 2 heterocycles. The molecule has 0 aliphatic rings. The van der Waals surface area contributed by atoms with E-state index >= 15 is 0 Å². The number of aromatic amines is 1. The van der Waals surface area contributed by atoms with E-state index in [0.717, 1.165) is 27.7 Å². The molecule has 3 aromatic rings. The molecule has 0 aliphatic carbocycles. The molecule has 2 N–H and O–H groups in total. The zero-order chi connectivity index (χ0) is 15.7. The van der Waals surface area contributed by atoms with Gasteiger partial charge in [-0.05, 0) is 48.7 Å². The largest absolute Gasteiger partial charge is 0.346 e. The average Bonchev–Trinajstić information content (AvgIpc) is 2.90. The smallest absolute Gasteiger partial charge is 0.232 e. The molecule has 0 atom stereocenters. The summed E-state index contributed by atoms with van der Waals surface area (Å²) in [4.78, 5) is 7.46. The van der Waals surface area contributed by atoms with Crippen LogP contribution in [0.2, 0.25) is 0 Å². The third-order valence-electron chi connectivity index (χ3n) is 3.62. The van der Waals surface area contributed by atoms with Crippen molar-refractivity contribution in [3.63, 3.8) is 0 Å². The summed E-state index contributed by atoms with van der Waals surface area (Å²) in [7, 11) is -3.25. The maximum atomic E-state index is 11.6. The third kappa shape index (κ3) is 2.69. The van der Waals surface area contributed by atoms with Gasteiger partial charge in [-0.2, -0.15) is 0 Å². The van der Waals surface area contributed by atoms with E-state index in [1.807, 2.05) is 31.3 Å². The molecule has 0 unspecified atom stereocenters. The molecule has 22 heavy (non-hydrogen) atoms. The van der Waals surface area contributed by atoms with Crippen LogP contribution in [0.5, 0.6) is 0 Å². The van der Waals surface area contributed by atoms with Crippen molar-refractivity contribution in [1.82, 2.24) is 9.97 Å². The molecular formula is C16H17N3O2S. The zero-order valence-corrected chi connectivity index (χ0v) is 13.2. The topological polar surface area (TPSA) is 74.8 Å². The van der Waals surface area contributed by atoms with Crippen LogP contribution in [0.4, 0.5) is 5.69 Å². The molecule has 6 heteroatoms. The van der Waals surface area contributed by atoms with Crippen molar-refractivity contribution >= 4 is 26.7 Å². The van der Waals surface area contributed by atoms with Gasteiger partial charge in [-0.1, -0.05) is 12.1 Å². The van der Waals surface area contributed by atoms with Gasteiger partial charge in [0.25, 0.3) is 0 Å². The summed E-state index contributed by atoms with van der Waals surface area (Å²) in [6.45, 7) is 3.65. The number of rotatable bonds is 4. The number of sulfonamides is 1. The Morgan fingerprint density at radius 2 is 1.91 bits per heavy atom. The summed E-state index contributed by atoms with van der Waals surface area (Å²) in [6.07, 6.45) is 3.70. The normalized spacial score (nSPS) is 11.7. The van der Waals surface area contributed by atoms with Gasteiger partial charge < -0.3 is 4.98 Å². The van der Waals surface area contributed by atoms with Crippen molar-refractivity contribution in [3.05, 3.63) is 48.3 Å². The number of benzene rings is 1. The van der Waals surface area contributed by atoms with Crippen LogP contribution in [-0.2, 0) is 10.0 Å². The number of nitrogens with one attached hydrogen (secondary N) is 2. The molecule has 2 aromatic heterocycles. The highest BCUT2D eigenvalue weighted by Gasteiger charge is 2.10. The minimum atomic E-state index is -3.25. The standard InChI is InChI=1S/C16H17N3O2S/c1-3-22(20,21)19-13-6-4-12(5-7-13)14-8-9-17-16-15(14)11(2)10-18-16/h4-10,19H,3H2,1-2H3,(H,17,18). The third-order valence-corrected chi connectivity index (χ3v) is 4.93. The van der Waals surface area contributed by atoms with Gasteiger partial charge in [0.15, 0.2) is 0 Å². The molecule has 114 valence electrons. The number of fused-ring (bicyclic) bond motifs is 1. The van der Waals surface area contributed by atoms with Gasteiger partial charge in [-0.25, -0.2) is 13.4 Å². The van der Waals surface area contributed by atoms with E-state index in [4.69, 9.17) is 0 Å². The Morgan fingerprint density at radius 3 is 2.59 bits per heavy atom. The van der Waals surface area contributed by atoms with Crippen molar-refractivity contribution in [1.29, 1.82) is 0 Å². The lowest BCUT2D eigenvalue weighted by Gasteiger charge is -2.08. The number of anilines is 1. The van der Waals surface area contributed by atoms with Crippen LogP contribution in [0, 0.1) is 6.92 Å². The lowest BCUT2D eigenvalue weighted by atomic mass is 10.0. The van der Waals surface area contributed by atoms with Crippen molar-refractivity contribution in [3.8, 4) is 11.1 Å². The molecule has 0 radical (unpaired) electrons. The van der Waals surface area contributed by atoms with Gasteiger partial charge >= 0.3 is 0 Å². The van der Waals surface area contributed by atoms with Crippen LogP contribution in [0.25, 0.3) is 22.2 Å². The van der Waals surface area contributed by atoms with Crippen molar-refractivity contribution in [2.75, 3.05) is 10.5 Å². The predicted octanol–water partition coefficient (Wildman–Crippen LogP) is 3.30. The molecule has 0 amide bonds. The van der Waals surface area contributed by atoms with E-state index in [9.17, 15) is 8.42 Å². The number of H-pyrrole nitrogens is 1.